The van der Waals surface area contributed by atoms with Gasteiger partial charge in [0.15, 0.2) is 6.30 Å². The number of nitrogens with one attached hydrogen (secondary N) is 1. The maximum Gasteiger partial charge on any atom is 0.434 e. The lowest BCUT2D eigenvalue weighted by Gasteiger charge is -2.39. The van der Waals surface area contributed by atoms with Crippen molar-refractivity contribution in [1.29, 1.82) is 0 Å². The van der Waals surface area contributed by atoms with Crippen LogP contribution in [-0.2, 0) is 11.3 Å². The first-order valence-corrected chi connectivity index (χ1v) is 9.56. The molecule has 8 heteroatoms. The monoisotopic (exact) mass is 401 g/mol. The molecule has 2 aromatic rings. The van der Waals surface area contributed by atoms with Gasteiger partial charge in [-0.2, -0.15) is 5.48 Å². The van der Waals surface area contributed by atoms with Crippen molar-refractivity contribution in [3.63, 3.8) is 0 Å². The van der Waals surface area contributed by atoms with Crippen LogP contribution in [0.25, 0.3) is 0 Å². The highest BCUT2D eigenvalue weighted by molar-refractivity contribution is 5.77. The number of alkyl halides is 1. The number of hydrogen-bond donors (Lipinski definition) is 1. The van der Waals surface area contributed by atoms with E-state index in [1.54, 1.807) is 18.2 Å². The number of likely N-dealkylation sites (tertiary alicyclic amines) is 1. The first-order valence-electron chi connectivity index (χ1n) is 9.56. The first-order chi connectivity index (χ1) is 14.0. The molecule has 1 fully saturated rings. The quantitative estimate of drug-likeness (QED) is 0.582. The van der Waals surface area contributed by atoms with Gasteiger partial charge in [0.25, 0.3) is 0 Å². The summed E-state index contributed by atoms with van der Waals surface area (Å²) < 4.78 is 28.5. The van der Waals surface area contributed by atoms with Crippen molar-refractivity contribution in [1.82, 2.24) is 15.3 Å². The summed E-state index contributed by atoms with van der Waals surface area (Å²) in [4.78, 5) is 32.2. The molecule has 4 rings (SSSR count). The molecule has 0 bridgehead atoms. The SMILES string of the molecule is O=C(ONC(=O)N1C(c2ccc(F)cc2)c2ccccc2C[C@@H]1F)N1CCCC1. The molecule has 2 aromatic carbocycles. The predicted octanol–water partition coefficient (Wildman–Crippen LogP) is 3.93. The number of hydroxylamine groups is 1. The van der Waals surface area contributed by atoms with Crippen molar-refractivity contribution in [2.24, 2.45) is 0 Å². The molecule has 1 unspecified atom stereocenters. The third-order valence-corrected chi connectivity index (χ3v) is 5.33. The van der Waals surface area contributed by atoms with E-state index in [0.29, 0.717) is 18.7 Å². The van der Waals surface area contributed by atoms with Crippen LogP contribution in [0.1, 0.15) is 35.6 Å². The van der Waals surface area contributed by atoms with E-state index >= 15 is 4.39 Å². The molecule has 0 aromatic heterocycles. The fraction of sp³-hybridized carbons (Fsp3) is 0.333. The van der Waals surface area contributed by atoms with E-state index in [2.05, 4.69) is 5.48 Å². The van der Waals surface area contributed by atoms with Crippen molar-refractivity contribution in [3.8, 4) is 0 Å². The lowest BCUT2D eigenvalue weighted by atomic mass is 9.88. The zero-order valence-electron chi connectivity index (χ0n) is 15.7. The molecule has 152 valence electrons. The Morgan fingerprint density at radius 1 is 1.03 bits per heavy atom. The van der Waals surface area contributed by atoms with Gasteiger partial charge >= 0.3 is 12.1 Å². The number of benzene rings is 2. The fourth-order valence-corrected chi connectivity index (χ4v) is 3.91. The third kappa shape index (κ3) is 3.87. The summed E-state index contributed by atoms with van der Waals surface area (Å²) in [5.41, 5.74) is 4.16. The van der Waals surface area contributed by atoms with E-state index in [9.17, 15) is 14.0 Å². The van der Waals surface area contributed by atoms with E-state index in [0.717, 1.165) is 28.9 Å². The highest BCUT2D eigenvalue weighted by Crippen LogP contribution is 2.38. The molecular formula is C21H21F2N3O3. The molecule has 1 N–H and O–H groups in total. The van der Waals surface area contributed by atoms with Gasteiger partial charge in [-0.3, -0.25) is 4.90 Å². The predicted molar refractivity (Wildman–Crippen MR) is 101 cm³/mol. The van der Waals surface area contributed by atoms with Crippen LogP contribution in [0.5, 0.6) is 0 Å². The summed E-state index contributed by atoms with van der Waals surface area (Å²) in [6, 6.07) is 11.2. The number of carbonyl (C=O) groups excluding carboxylic acids is 2. The lowest BCUT2D eigenvalue weighted by molar-refractivity contribution is 0.0291. The molecule has 0 radical (unpaired) electrons. The van der Waals surface area contributed by atoms with Gasteiger partial charge in [-0.25, -0.2) is 18.4 Å². The maximum absolute atomic E-state index is 15.1. The topological polar surface area (TPSA) is 61.9 Å². The maximum atomic E-state index is 15.1. The van der Waals surface area contributed by atoms with Gasteiger partial charge in [-0.1, -0.05) is 36.4 Å². The lowest BCUT2D eigenvalue weighted by Crippen LogP contribution is -2.51. The number of rotatable bonds is 1. The fourth-order valence-electron chi connectivity index (χ4n) is 3.91. The van der Waals surface area contributed by atoms with Gasteiger partial charge in [0.1, 0.15) is 5.82 Å². The second-order valence-electron chi connectivity index (χ2n) is 7.17. The van der Waals surface area contributed by atoms with E-state index in [4.69, 9.17) is 4.84 Å². The average molecular weight is 401 g/mol. The molecule has 2 aliphatic rings. The molecule has 3 amide bonds. The highest BCUT2D eigenvalue weighted by Gasteiger charge is 2.39. The summed E-state index contributed by atoms with van der Waals surface area (Å²) in [6.45, 7) is 1.13. The van der Waals surface area contributed by atoms with Crippen LogP contribution in [0.15, 0.2) is 48.5 Å². The van der Waals surface area contributed by atoms with Crippen LogP contribution >= 0.6 is 0 Å². The Bertz CT molecular complexity index is 900. The number of carbonyl (C=O) groups is 2. The number of nitrogens with zero attached hydrogens (tertiary/aromatic N) is 2. The van der Waals surface area contributed by atoms with Crippen molar-refractivity contribution in [3.05, 3.63) is 71.0 Å². The molecular weight excluding hydrogens is 380 g/mol. The van der Waals surface area contributed by atoms with Gasteiger partial charge in [-0.15, -0.1) is 0 Å². The minimum atomic E-state index is -1.63. The largest absolute Gasteiger partial charge is 0.434 e. The molecule has 29 heavy (non-hydrogen) atoms. The van der Waals surface area contributed by atoms with Crippen molar-refractivity contribution >= 4 is 12.1 Å². The number of urea groups is 1. The molecule has 0 saturated carbocycles. The van der Waals surface area contributed by atoms with Gasteiger partial charge in [0.05, 0.1) is 6.04 Å². The van der Waals surface area contributed by atoms with Crippen molar-refractivity contribution in [2.45, 2.75) is 31.6 Å². The smallest absolute Gasteiger partial charge is 0.320 e. The van der Waals surface area contributed by atoms with Crippen molar-refractivity contribution < 1.29 is 23.2 Å². The minimum Gasteiger partial charge on any atom is -0.320 e. The summed E-state index contributed by atoms with van der Waals surface area (Å²) >= 11 is 0. The van der Waals surface area contributed by atoms with Crippen LogP contribution in [0.3, 0.4) is 0 Å². The highest BCUT2D eigenvalue weighted by atomic mass is 19.1. The first kappa shape index (κ1) is 19.2. The summed E-state index contributed by atoms with van der Waals surface area (Å²) in [5, 5.41) is 0. The van der Waals surface area contributed by atoms with Crippen LogP contribution in [0.4, 0.5) is 18.4 Å². The van der Waals surface area contributed by atoms with E-state index in [1.165, 1.54) is 29.2 Å². The van der Waals surface area contributed by atoms with E-state index in [1.807, 2.05) is 6.07 Å². The van der Waals surface area contributed by atoms with Crippen LogP contribution in [0.2, 0.25) is 0 Å². The summed E-state index contributed by atoms with van der Waals surface area (Å²) in [6.07, 6.45) is -0.523. The number of hydrogen-bond acceptors (Lipinski definition) is 3. The number of halogens is 2. The molecule has 6 nitrogen and oxygen atoms in total. The van der Waals surface area contributed by atoms with Gasteiger partial charge < -0.3 is 9.74 Å². The Hall–Kier alpha value is -3.16. The Morgan fingerprint density at radius 3 is 2.45 bits per heavy atom. The van der Waals surface area contributed by atoms with E-state index in [-0.39, 0.29) is 6.42 Å². The number of amides is 3. The Kier molecular flexibility index (Phi) is 5.33. The zero-order valence-corrected chi connectivity index (χ0v) is 15.7. The molecule has 0 aliphatic carbocycles. The molecule has 2 aliphatic heterocycles. The van der Waals surface area contributed by atoms with Gasteiger partial charge in [-0.05, 0) is 41.7 Å². The summed E-state index contributed by atoms with van der Waals surface area (Å²) in [7, 11) is 0. The van der Waals surface area contributed by atoms with Crippen LogP contribution < -0.4 is 5.48 Å². The third-order valence-electron chi connectivity index (χ3n) is 5.33. The van der Waals surface area contributed by atoms with Gasteiger partial charge in [0, 0.05) is 19.5 Å². The second-order valence-corrected chi connectivity index (χ2v) is 7.17. The normalized spacial score (nSPS) is 20.9. The van der Waals surface area contributed by atoms with E-state index < -0.39 is 30.3 Å². The Morgan fingerprint density at radius 2 is 1.72 bits per heavy atom. The molecule has 1 saturated heterocycles. The summed E-state index contributed by atoms with van der Waals surface area (Å²) in [5.74, 6) is -0.426. The van der Waals surface area contributed by atoms with Crippen molar-refractivity contribution in [2.75, 3.05) is 13.1 Å². The Balaban J connectivity index is 1.60. The standard InChI is InChI=1S/C21H21F2N3O3/c22-16-9-7-14(8-10-16)19-17-6-2-1-5-15(17)13-18(23)26(19)20(27)24-29-21(28)25-11-3-4-12-25/h1-2,5-10,18-19H,3-4,11-13H2,(H,24,27)/t18-,19?/m1/s1. The van der Waals surface area contributed by atoms with Crippen LogP contribution in [-0.4, -0.2) is 41.3 Å². The zero-order chi connectivity index (χ0) is 20.4. The van der Waals surface area contributed by atoms with Gasteiger partial charge in [0.2, 0.25) is 0 Å². The minimum absolute atomic E-state index is 0.0152. The molecule has 2 heterocycles. The number of fused-ring (bicyclic) bond motifs is 1. The van der Waals surface area contributed by atoms with Crippen LogP contribution in [0, 0.1) is 5.82 Å². The molecule has 2 atom stereocenters. The molecule has 0 spiro atoms. The average Bonchev–Trinajstić information content (AvgIpc) is 3.26. The second kappa shape index (κ2) is 8.06. The Labute approximate surface area is 167 Å².